The van der Waals surface area contributed by atoms with E-state index in [4.69, 9.17) is 10.5 Å². The summed E-state index contributed by atoms with van der Waals surface area (Å²) >= 11 is 0. The highest BCUT2D eigenvalue weighted by Gasteiger charge is 2.38. The number of morpholine rings is 1. The average molecular weight is 313 g/mol. The number of benzene rings is 1. The van der Waals surface area contributed by atoms with Crippen molar-refractivity contribution in [2.75, 3.05) is 32.5 Å². The first-order valence-corrected chi connectivity index (χ1v) is 7.99. The second kappa shape index (κ2) is 6.00. The maximum Gasteiger partial charge on any atom is 0.246 e. The number of hydrogen-bond donors (Lipinski definition) is 2. The van der Waals surface area contributed by atoms with Crippen LogP contribution in [0.3, 0.4) is 0 Å². The molecule has 1 aliphatic heterocycles. The van der Waals surface area contributed by atoms with Gasteiger partial charge in [0.05, 0.1) is 18.9 Å². The first-order chi connectivity index (χ1) is 9.87. The lowest BCUT2D eigenvalue weighted by Crippen LogP contribution is -2.55. The number of likely N-dealkylation sites (N-methyl/N-ethyl adjacent to an activating group) is 1. The largest absolute Gasteiger partial charge is 0.398 e. The van der Waals surface area contributed by atoms with Gasteiger partial charge >= 0.3 is 0 Å². The van der Waals surface area contributed by atoms with Crippen molar-refractivity contribution in [2.45, 2.75) is 17.9 Å². The van der Waals surface area contributed by atoms with Gasteiger partial charge in [-0.25, -0.2) is 8.42 Å². The topological polar surface area (TPSA) is 102 Å². The van der Waals surface area contributed by atoms with Gasteiger partial charge in [-0.1, -0.05) is 6.07 Å². The molecule has 21 heavy (non-hydrogen) atoms. The lowest BCUT2D eigenvalue weighted by Gasteiger charge is -2.33. The molecule has 0 spiro atoms. The van der Waals surface area contributed by atoms with E-state index >= 15 is 0 Å². The Labute approximate surface area is 124 Å². The second-order valence-electron chi connectivity index (χ2n) is 4.86. The van der Waals surface area contributed by atoms with E-state index in [2.05, 4.69) is 5.32 Å². The molecule has 1 saturated heterocycles. The summed E-state index contributed by atoms with van der Waals surface area (Å²) in [5.41, 5.74) is 6.88. The predicted molar refractivity (Wildman–Crippen MR) is 78.2 cm³/mol. The van der Waals surface area contributed by atoms with Crippen LogP contribution in [0.25, 0.3) is 0 Å². The van der Waals surface area contributed by atoms with E-state index in [9.17, 15) is 13.2 Å². The zero-order chi connectivity index (χ0) is 15.6. The van der Waals surface area contributed by atoms with Gasteiger partial charge in [-0.15, -0.1) is 0 Å². The Morgan fingerprint density at radius 2 is 2.19 bits per heavy atom. The fraction of sp³-hybridized carbons (Fsp3) is 0.462. The zero-order valence-corrected chi connectivity index (χ0v) is 12.8. The van der Waals surface area contributed by atoms with Crippen LogP contribution >= 0.6 is 0 Å². The van der Waals surface area contributed by atoms with E-state index < -0.39 is 22.0 Å². The number of carbonyl (C=O) groups excluding carboxylic acids is 1. The van der Waals surface area contributed by atoms with Crippen LogP contribution in [0, 0.1) is 6.92 Å². The normalized spacial score (nSPS) is 20.2. The minimum Gasteiger partial charge on any atom is -0.398 e. The van der Waals surface area contributed by atoms with E-state index in [1.54, 1.807) is 12.1 Å². The number of rotatable bonds is 3. The molecule has 116 valence electrons. The van der Waals surface area contributed by atoms with E-state index in [0.29, 0.717) is 0 Å². The van der Waals surface area contributed by atoms with Crippen LogP contribution < -0.4 is 11.1 Å². The number of aryl methyl sites for hydroxylation is 1. The number of nitrogens with one attached hydrogen (secondary N) is 1. The summed E-state index contributed by atoms with van der Waals surface area (Å²) in [5.74, 6) is -0.399. The summed E-state index contributed by atoms with van der Waals surface area (Å²) in [6, 6.07) is 3.87. The van der Waals surface area contributed by atoms with Crippen molar-refractivity contribution >= 4 is 21.6 Å². The monoisotopic (exact) mass is 313 g/mol. The van der Waals surface area contributed by atoms with E-state index in [1.165, 1.54) is 13.1 Å². The molecule has 3 N–H and O–H groups in total. The fourth-order valence-electron chi connectivity index (χ4n) is 2.28. The molecule has 1 aromatic rings. The smallest absolute Gasteiger partial charge is 0.246 e. The number of ether oxygens (including phenoxy) is 1. The molecule has 7 nitrogen and oxygen atoms in total. The Balaban J connectivity index is 2.43. The SMILES string of the molecule is CNC(=O)C1COCCN1S(=O)(=O)c1ccc(C)cc1N. The van der Waals surface area contributed by atoms with Crippen molar-refractivity contribution in [3.05, 3.63) is 23.8 Å². The lowest BCUT2D eigenvalue weighted by atomic mass is 10.2. The molecule has 1 aromatic carbocycles. The molecular formula is C13H19N3O4S. The second-order valence-corrected chi connectivity index (χ2v) is 6.72. The molecule has 0 radical (unpaired) electrons. The molecule has 0 aromatic heterocycles. The van der Waals surface area contributed by atoms with E-state index in [-0.39, 0.29) is 30.3 Å². The molecule has 1 fully saturated rings. The molecule has 8 heteroatoms. The standard InChI is InChI=1S/C13H19N3O4S/c1-9-3-4-12(10(14)7-9)21(18,19)16-5-6-20-8-11(16)13(17)15-2/h3-4,7,11H,5-6,8,14H2,1-2H3,(H,15,17). The van der Waals surface area contributed by atoms with E-state index in [0.717, 1.165) is 9.87 Å². The van der Waals surface area contributed by atoms with Gasteiger partial charge in [-0.2, -0.15) is 4.31 Å². The van der Waals surface area contributed by atoms with Crippen LogP contribution in [0.15, 0.2) is 23.1 Å². The molecule has 0 aliphatic carbocycles. The molecule has 0 bridgehead atoms. The van der Waals surface area contributed by atoms with Crippen LogP contribution in [0.1, 0.15) is 5.56 Å². The first kappa shape index (κ1) is 15.7. The van der Waals surface area contributed by atoms with Crippen LogP contribution in [0.5, 0.6) is 0 Å². The maximum atomic E-state index is 12.8. The van der Waals surface area contributed by atoms with Crippen molar-refractivity contribution in [1.29, 1.82) is 0 Å². The Hall–Kier alpha value is -1.64. The molecule has 1 atom stereocenters. The van der Waals surface area contributed by atoms with Crippen molar-refractivity contribution in [2.24, 2.45) is 0 Å². The van der Waals surface area contributed by atoms with Gasteiger partial charge in [-0.05, 0) is 24.6 Å². The van der Waals surface area contributed by atoms with Crippen molar-refractivity contribution in [1.82, 2.24) is 9.62 Å². The van der Waals surface area contributed by atoms with Crippen LogP contribution in [-0.4, -0.2) is 51.5 Å². The summed E-state index contributed by atoms with van der Waals surface area (Å²) in [5, 5.41) is 2.46. The van der Waals surface area contributed by atoms with Crippen LogP contribution in [-0.2, 0) is 19.6 Å². The number of hydrogen-bond acceptors (Lipinski definition) is 5. The van der Waals surface area contributed by atoms with Gasteiger partial charge in [0.1, 0.15) is 10.9 Å². The van der Waals surface area contributed by atoms with Gasteiger partial charge in [0.2, 0.25) is 15.9 Å². The number of anilines is 1. The number of sulfonamides is 1. The van der Waals surface area contributed by atoms with Crippen molar-refractivity contribution in [3.63, 3.8) is 0 Å². The Kier molecular flexibility index (Phi) is 4.50. The Morgan fingerprint density at radius 1 is 1.48 bits per heavy atom. The third-order valence-corrected chi connectivity index (χ3v) is 5.36. The summed E-state index contributed by atoms with van der Waals surface area (Å²) in [6.07, 6.45) is 0. The predicted octanol–water partition coefficient (Wildman–Crippen LogP) is -0.287. The van der Waals surface area contributed by atoms with E-state index in [1.807, 2.05) is 6.92 Å². The summed E-state index contributed by atoms with van der Waals surface area (Å²) in [7, 11) is -2.39. The number of nitrogen functional groups attached to an aromatic ring is 1. The highest BCUT2D eigenvalue weighted by atomic mass is 32.2. The molecule has 2 rings (SSSR count). The van der Waals surface area contributed by atoms with Gasteiger partial charge in [0.15, 0.2) is 0 Å². The molecular weight excluding hydrogens is 294 g/mol. The molecule has 1 aliphatic rings. The van der Waals surface area contributed by atoms with Gasteiger partial charge in [-0.3, -0.25) is 4.79 Å². The number of amides is 1. The molecule has 1 unspecified atom stereocenters. The van der Waals surface area contributed by atoms with Crippen LogP contribution in [0.4, 0.5) is 5.69 Å². The lowest BCUT2D eigenvalue weighted by molar-refractivity contribution is -0.128. The summed E-state index contributed by atoms with van der Waals surface area (Å²) < 4.78 is 31.9. The number of nitrogens with zero attached hydrogens (tertiary/aromatic N) is 1. The third kappa shape index (κ3) is 3.02. The summed E-state index contributed by atoms with van der Waals surface area (Å²) in [4.78, 5) is 11.9. The molecule has 0 saturated carbocycles. The molecule has 1 amide bonds. The van der Waals surface area contributed by atoms with Crippen molar-refractivity contribution < 1.29 is 17.9 Å². The molecule has 1 heterocycles. The van der Waals surface area contributed by atoms with Gasteiger partial charge in [0, 0.05) is 13.6 Å². The number of carbonyl (C=O) groups is 1. The first-order valence-electron chi connectivity index (χ1n) is 6.55. The Bertz CT molecular complexity index is 645. The third-order valence-electron chi connectivity index (χ3n) is 3.38. The Morgan fingerprint density at radius 3 is 2.81 bits per heavy atom. The maximum absolute atomic E-state index is 12.8. The minimum absolute atomic E-state index is 0.0175. The van der Waals surface area contributed by atoms with Gasteiger partial charge < -0.3 is 15.8 Å². The quantitative estimate of drug-likeness (QED) is 0.747. The number of nitrogens with two attached hydrogens (primary N) is 1. The van der Waals surface area contributed by atoms with Gasteiger partial charge in [0.25, 0.3) is 0 Å². The minimum atomic E-state index is -3.85. The van der Waals surface area contributed by atoms with Crippen LogP contribution in [0.2, 0.25) is 0 Å². The average Bonchev–Trinajstić information content (AvgIpc) is 2.46. The fourth-order valence-corrected chi connectivity index (χ4v) is 3.93. The summed E-state index contributed by atoms with van der Waals surface area (Å²) in [6.45, 7) is 2.23. The zero-order valence-electron chi connectivity index (χ0n) is 12.0. The highest BCUT2D eigenvalue weighted by Crippen LogP contribution is 2.26. The van der Waals surface area contributed by atoms with Crippen molar-refractivity contribution in [3.8, 4) is 0 Å². The highest BCUT2D eigenvalue weighted by molar-refractivity contribution is 7.89.